The minimum Gasteiger partial charge on any atom is -0.490 e. The summed E-state index contributed by atoms with van der Waals surface area (Å²) in [5.41, 5.74) is 3.33. The Bertz CT molecular complexity index is 1180. The van der Waals surface area contributed by atoms with Crippen LogP contribution in [0.4, 0.5) is 0 Å². The van der Waals surface area contributed by atoms with Crippen LogP contribution in [0.3, 0.4) is 0 Å². The van der Waals surface area contributed by atoms with Crippen molar-refractivity contribution in [3.8, 4) is 27.7 Å². The molecule has 0 fully saturated rings. The Morgan fingerprint density at radius 3 is 2.83 bits per heavy atom. The number of ether oxygens (including phenoxy) is 1. The van der Waals surface area contributed by atoms with Gasteiger partial charge in [-0.2, -0.15) is 0 Å². The molecule has 1 aliphatic heterocycles. The van der Waals surface area contributed by atoms with E-state index in [1.54, 1.807) is 17.4 Å². The Morgan fingerprint density at radius 1 is 1.13 bits per heavy atom. The second-order valence-electron chi connectivity index (χ2n) is 7.25. The molecule has 0 unspecified atom stereocenters. The predicted octanol–water partition coefficient (Wildman–Crippen LogP) is 4.24. The Morgan fingerprint density at radius 2 is 1.97 bits per heavy atom. The fourth-order valence-electron chi connectivity index (χ4n) is 3.45. The van der Waals surface area contributed by atoms with Crippen molar-refractivity contribution in [3.05, 3.63) is 64.8 Å². The van der Waals surface area contributed by atoms with E-state index < -0.39 is 0 Å². The molecule has 152 valence electrons. The van der Waals surface area contributed by atoms with Crippen molar-refractivity contribution >= 4 is 17.2 Å². The maximum atomic E-state index is 12.3. The SMILES string of the molecule is C[C@@H]1Cc2cc(-c3cc(CC(=O)NCc4cc(-c5cccs5)on4)no3)ccc2O1. The maximum Gasteiger partial charge on any atom is 0.226 e. The molecule has 0 bridgehead atoms. The Balaban J connectivity index is 1.18. The average molecular weight is 421 g/mol. The normalized spacial score (nSPS) is 15.0. The van der Waals surface area contributed by atoms with Gasteiger partial charge in [0.05, 0.1) is 23.5 Å². The lowest BCUT2D eigenvalue weighted by atomic mass is 10.1. The van der Waals surface area contributed by atoms with Crippen molar-refractivity contribution in [3.63, 3.8) is 0 Å². The number of thiophene rings is 1. The number of carbonyl (C=O) groups excluding carboxylic acids is 1. The van der Waals surface area contributed by atoms with Crippen LogP contribution in [-0.2, 0) is 24.2 Å². The molecule has 0 radical (unpaired) electrons. The van der Waals surface area contributed by atoms with Gasteiger partial charge in [-0.15, -0.1) is 11.3 Å². The molecule has 1 aliphatic rings. The van der Waals surface area contributed by atoms with Crippen molar-refractivity contribution in [2.24, 2.45) is 0 Å². The standard InChI is InChI=1S/C22H19N3O4S/c1-13-7-15-8-14(4-5-18(15)27-13)19-9-16(24-28-19)11-22(26)23-12-17-10-20(29-25-17)21-3-2-6-30-21/h2-6,8-10,13H,7,11-12H2,1H3,(H,23,26)/t13-/m1/s1. The number of amides is 1. The minimum absolute atomic E-state index is 0.129. The van der Waals surface area contributed by atoms with Gasteiger partial charge >= 0.3 is 0 Å². The van der Waals surface area contributed by atoms with Gasteiger partial charge in [-0.05, 0) is 42.1 Å². The van der Waals surface area contributed by atoms with Crippen molar-refractivity contribution in [2.75, 3.05) is 0 Å². The number of benzene rings is 1. The zero-order valence-corrected chi connectivity index (χ0v) is 17.1. The van der Waals surface area contributed by atoms with Gasteiger partial charge in [-0.3, -0.25) is 4.79 Å². The van der Waals surface area contributed by atoms with Crippen LogP contribution >= 0.6 is 11.3 Å². The Hall–Kier alpha value is -3.39. The van der Waals surface area contributed by atoms with E-state index >= 15 is 0 Å². The van der Waals surface area contributed by atoms with Crippen LogP contribution in [0.25, 0.3) is 22.0 Å². The summed E-state index contributed by atoms with van der Waals surface area (Å²) in [6.07, 6.45) is 1.20. The molecule has 1 amide bonds. The topological polar surface area (TPSA) is 90.4 Å². The van der Waals surface area contributed by atoms with Crippen LogP contribution in [0.2, 0.25) is 0 Å². The Labute approximate surface area is 176 Å². The molecule has 30 heavy (non-hydrogen) atoms. The summed E-state index contributed by atoms with van der Waals surface area (Å²) in [5.74, 6) is 2.09. The number of fused-ring (bicyclic) bond motifs is 1. The van der Waals surface area contributed by atoms with Gasteiger partial charge in [-0.1, -0.05) is 16.4 Å². The molecular formula is C22H19N3O4S. The summed E-state index contributed by atoms with van der Waals surface area (Å²) in [6.45, 7) is 2.34. The van der Waals surface area contributed by atoms with E-state index in [0.717, 1.165) is 28.2 Å². The van der Waals surface area contributed by atoms with Crippen LogP contribution in [-0.4, -0.2) is 22.3 Å². The third-order valence-corrected chi connectivity index (χ3v) is 5.76. The van der Waals surface area contributed by atoms with Crippen LogP contribution in [0.15, 0.2) is 56.9 Å². The van der Waals surface area contributed by atoms with E-state index in [1.165, 1.54) is 0 Å². The van der Waals surface area contributed by atoms with Crippen molar-refractivity contribution in [1.29, 1.82) is 0 Å². The highest BCUT2D eigenvalue weighted by Crippen LogP contribution is 2.33. The first kappa shape index (κ1) is 18.6. The molecular weight excluding hydrogens is 402 g/mol. The van der Waals surface area contributed by atoms with E-state index in [9.17, 15) is 4.79 Å². The van der Waals surface area contributed by atoms with Crippen molar-refractivity contribution < 1.29 is 18.6 Å². The van der Waals surface area contributed by atoms with Crippen LogP contribution in [0.1, 0.15) is 23.9 Å². The van der Waals surface area contributed by atoms with Crippen molar-refractivity contribution in [2.45, 2.75) is 32.4 Å². The van der Waals surface area contributed by atoms with Crippen LogP contribution in [0.5, 0.6) is 5.75 Å². The second-order valence-corrected chi connectivity index (χ2v) is 8.20. The fraction of sp³-hybridized carbons (Fsp3) is 0.227. The smallest absolute Gasteiger partial charge is 0.226 e. The van der Waals surface area contributed by atoms with E-state index in [0.29, 0.717) is 29.5 Å². The lowest BCUT2D eigenvalue weighted by Crippen LogP contribution is -2.24. The van der Waals surface area contributed by atoms with Gasteiger partial charge in [0, 0.05) is 24.1 Å². The van der Waals surface area contributed by atoms with Gasteiger partial charge < -0.3 is 19.1 Å². The highest BCUT2D eigenvalue weighted by molar-refractivity contribution is 7.13. The van der Waals surface area contributed by atoms with E-state index in [1.807, 2.05) is 42.6 Å². The molecule has 0 saturated heterocycles. The molecule has 4 heterocycles. The van der Waals surface area contributed by atoms with Gasteiger partial charge in [-0.25, -0.2) is 0 Å². The molecule has 1 atom stereocenters. The summed E-state index contributed by atoms with van der Waals surface area (Å²) in [5, 5.41) is 12.8. The summed E-state index contributed by atoms with van der Waals surface area (Å²) in [4.78, 5) is 13.3. The zero-order chi connectivity index (χ0) is 20.5. The number of hydrogen-bond donors (Lipinski definition) is 1. The molecule has 0 spiro atoms. The lowest BCUT2D eigenvalue weighted by molar-refractivity contribution is -0.120. The third-order valence-electron chi connectivity index (χ3n) is 4.87. The van der Waals surface area contributed by atoms with E-state index in [-0.39, 0.29) is 18.4 Å². The molecule has 0 aliphatic carbocycles. The summed E-state index contributed by atoms with van der Waals surface area (Å²) in [6, 6.07) is 13.5. The van der Waals surface area contributed by atoms with Gasteiger partial charge in [0.1, 0.15) is 17.5 Å². The fourth-order valence-corrected chi connectivity index (χ4v) is 4.13. The van der Waals surface area contributed by atoms with Gasteiger partial charge in [0.25, 0.3) is 0 Å². The number of nitrogens with zero attached hydrogens (tertiary/aromatic N) is 2. The third kappa shape index (κ3) is 3.86. The van der Waals surface area contributed by atoms with Gasteiger partial charge in [0.2, 0.25) is 5.91 Å². The number of carbonyl (C=O) groups is 1. The first-order chi connectivity index (χ1) is 14.6. The highest BCUT2D eigenvalue weighted by Gasteiger charge is 2.20. The molecule has 7 nitrogen and oxygen atoms in total. The highest BCUT2D eigenvalue weighted by atomic mass is 32.1. The molecule has 5 rings (SSSR count). The first-order valence-electron chi connectivity index (χ1n) is 9.66. The zero-order valence-electron chi connectivity index (χ0n) is 16.3. The predicted molar refractivity (Wildman–Crippen MR) is 111 cm³/mol. The van der Waals surface area contributed by atoms with E-state index in [2.05, 4.69) is 21.7 Å². The van der Waals surface area contributed by atoms with Crippen molar-refractivity contribution in [1.82, 2.24) is 15.6 Å². The number of rotatable bonds is 6. The van der Waals surface area contributed by atoms with Crippen LogP contribution in [0, 0.1) is 0 Å². The molecule has 8 heteroatoms. The van der Waals surface area contributed by atoms with E-state index in [4.69, 9.17) is 13.8 Å². The summed E-state index contributed by atoms with van der Waals surface area (Å²) in [7, 11) is 0. The molecule has 1 aromatic carbocycles. The lowest BCUT2D eigenvalue weighted by Gasteiger charge is -2.02. The largest absolute Gasteiger partial charge is 0.490 e. The number of nitrogens with one attached hydrogen (secondary N) is 1. The second kappa shape index (κ2) is 7.79. The first-order valence-corrected chi connectivity index (χ1v) is 10.5. The molecule has 0 saturated carbocycles. The quantitative estimate of drug-likeness (QED) is 0.501. The molecule has 4 aromatic rings. The number of hydrogen-bond acceptors (Lipinski definition) is 7. The monoisotopic (exact) mass is 421 g/mol. The van der Waals surface area contributed by atoms with Crippen LogP contribution < -0.4 is 10.1 Å². The number of aromatic nitrogens is 2. The van der Waals surface area contributed by atoms with Gasteiger partial charge in [0.15, 0.2) is 11.5 Å². The average Bonchev–Trinajstić information content (AvgIpc) is 3.51. The summed E-state index contributed by atoms with van der Waals surface area (Å²) >= 11 is 1.58. The summed E-state index contributed by atoms with van der Waals surface area (Å²) < 4.78 is 16.5. The maximum absolute atomic E-state index is 12.3. The molecule has 3 aromatic heterocycles. The Kier molecular flexibility index (Phi) is 4.84. The molecule has 1 N–H and O–H groups in total. The minimum atomic E-state index is -0.160.